The van der Waals surface area contributed by atoms with Gasteiger partial charge in [-0.05, 0) is 86.9 Å². The summed E-state index contributed by atoms with van der Waals surface area (Å²) in [6.07, 6.45) is 8.77. The van der Waals surface area contributed by atoms with Crippen LogP contribution in [0.15, 0.2) is 48.2 Å². The van der Waals surface area contributed by atoms with E-state index in [4.69, 9.17) is 4.74 Å². The summed E-state index contributed by atoms with van der Waals surface area (Å²) in [6.45, 7) is 2.35. The van der Waals surface area contributed by atoms with E-state index in [1.807, 2.05) is 31.1 Å². The fourth-order valence-corrected chi connectivity index (χ4v) is 8.84. The maximum Gasteiger partial charge on any atom is 0.105 e. The smallest absolute Gasteiger partial charge is 0.105 e. The van der Waals surface area contributed by atoms with E-state index in [9.17, 15) is 15.5 Å². The van der Waals surface area contributed by atoms with Gasteiger partial charge < -0.3 is 19.8 Å². The van der Waals surface area contributed by atoms with Crippen molar-refractivity contribution >= 4 is 16.5 Å². The zero-order valence-corrected chi connectivity index (χ0v) is 21.7. The van der Waals surface area contributed by atoms with Gasteiger partial charge in [0, 0.05) is 17.3 Å². The number of rotatable bonds is 2. The number of aliphatic hydroxyl groups is 2. The number of nitrogens with zero attached hydrogens (tertiary/aromatic N) is 4. The molecule has 3 heterocycles. The third-order valence-electron chi connectivity index (χ3n) is 10.8. The molecular weight excluding hydrogens is 464 g/mol. The molecule has 3 fully saturated rings. The molecule has 5 aliphatic rings. The molecular formula is C30H34N4O3. The van der Waals surface area contributed by atoms with Crippen LogP contribution >= 0.6 is 0 Å². The van der Waals surface area contributed by atoms with Crippen LogP contribution in [0.4, 0.5) is 0 Å². The van der Waals surface area contributed by atoms with Gasteiger partial charge in [-0.25, -0.2) is 0 Å². The van der Waals surface area contributed by atoms with Crippen LogP contribution in [0.5, 0.6) is 0 Å². The van der Waals surface area contributed by atoms with Crippen molar-refractivity contribution in [2.24, 2.45) is 16.7 Å². The molecule has 2 saturated carbocycles. The van der Waals surface area contributed by atoms with Gasteiger partial charge in [-0.2, -0.15) is 15.5 Å². The number of nitriles is 1. The topological polar surface area (TPSA) is 102 Å². The Morgan fingerprint density at radius 3 is 2.76 bits per heavy atom. The molecule has 7 heteroatoms. The summed E-state index contributed by atoms with van der Waals surface area (Å²) in [4.78, 5) is 1.99. The first kappa shape index (κ1) is 23.5. The summed E-state index contributed by atoms with van der Waals surface area (Å²) in [6, 6.07) is 10.9. The standard InChI is InChI=1S/C30H34N4O3/c1-27-9-10-28(17-31)15-21-25(35)26(36)23(34(2)3)16-29(21)11-12-30(28,37-29)24(27)7-6-20(27)19-5-4-18-8-13-32-33-22(18)14-19/h4-6,8,13-15,23-26,35-36H,7,9-12,16H2,1-3H3. The fraction of sp³-hybridized carbons (Fsp3) is 0.567. The van der Waals surface area contributed by atoms with Crippen molar-refractivity contribution in [3.63, 3.8) is 0 Å². The largest absolute Gasteiger partial charge is 0.388 e. The number of likely N-dealkylation sites (N-methyl/N-ethyl adjacent to an activating group) is 1. The number of hydrogen-bond donors (Lipinski definition) is 2. The molecule has 1 saturated heterocycles. The minimum atomic E-state index is -1.02. The lowest BCUT2D eigenvalue weighted by molar-refractivity contribution is -0.223. The van der Waals surface area contributed by atoms with Crippen LogP contribution in [0.25, 0.3) is 16.5 Å². The molecule has 1 aromatic heterocycles. The molecule has 37 heavy (non-hydrogen) atoms. The van der Waals surface area contributed by atoms with Crippen molar-refractivity contribution in [1.29, 1.82) is 5.26 Å². The van der Waals surface area contributed by atoms with Crippen molar-refractivity contribution in [3.8, 4) is 6.07 Å². The fourth-order valence-electron chi connectivity index (χ4n) is 8.84. The third kappa shape index (κ3) is 2.80. The Labute approximate surface area is 217 Å². The van der Waals surface area contributed by atoms with Crippen molar-refractivity contribution in [2.75, 3.05) is 14.1 Å². The van der Waals surface area contributed by atoms with Gasteiger partial charge in [0.1, 0.15) is 11.5 Å². The Hall–Kier alpha value is -2.63. The molecule has 2 bridgehead atoms. The van der Waals surface area contributed by atoms with Gasteiger partial charge in [-0.3, -0.25) is 0 Å². The first-order valence-electron chi connectivity index (χ1n) is 13.5. The number of hydrogen-bond acceptors (Lipinski definition) is 7. The van der Waals surface area contributed by atoms with Crippen molar-refractivity contribution < 1.29 is 14.9 Å². The molecule has 2 spiro atoms. The van der Waals surface area contributed by atoms with Crippen molar-refractivity contribution in [2.45, 2.75) is 74.9 Å². The highest BCUT2D eigenvalue weighted by molar-refractivity contribution is 5.84. The van der Waals surface area contributed by atoms with Gasteiger partial charge in [-0.15, -0.1) is 0 Å². The Balaban J connectivity index is 1.32. The van der Waals surface area contributed by atoms with Crippen LogP contribution in [0.3, 0.4) is 0 Å². The maximum absolute atomic E-state index is 11.3. The number of aliphatic hydroxyl groups excluding tert-OH is 2. The predicted molar refractivity (Wildman–Crippen MR) is 139 cm³/mol. The number of allylic oxidation sites excluding steroid dienone is 2. The average molecular weight is 499 g/mol. The summed E-state index contributed by atoms with van der Waals surface area (Å²) < 4.78 is 7.26. The number of fused-ring (bicyclic) bond motifs is 2. The highest BCUT2D eigenvalue weighted by atomic mass is 16.5. The molecule has 7 nitrogen and oxygen atoms in total. The minimum absolute atomic E-state index is 0.138. The molecule has 8 unspecified atom stereocenters. The summed E-state index contributed by atoms with van der Waals surface area (Å²) in [5, 5.41) is 42.4. The molecule has 2 aliphatic heterocycles. The molecule has 0 radical (unpaired) electrons. The van der Waals surface area contributed by atoms with E-state index < -0.39 is 28.8 Å². The van der Waals surface area contributed by atoms with E-state index in [-0.39, 0.29) is 17.4 Å². The summed E-state index contributed by atoms with van der Waals surface area (Å²) in [5.74, 6) is 0.153. The normalized spacial score (nSPS) is 44.0. The Morgan fingerprint density at radius 1 is 1.14 bits per heavy atom. The van der Waals surface area contributed by atoms with Gasteiger partial charge in [0.05, 0.1) is 35.1 Å². The lowest BCUT2D eigenvalue weighted by atomic mass is 9.49. The summed E-state index contributed by atoms with van der Waals surface area (Å²) in [7, 11) is 3.88. The first-order valence-corrected chi connectivity index (χ1v) is 13.5. The monoisotopic (exact) mass is 498 g/mol. The zero-order valence-electron chi connectivity index (χ0n) is 21.7. The molecule has 1 aromatic carbocycles. The quantitative estimate of drug-likeness (QED) is 0.610. The van der Waals surface area contributed by atoms with Crippen LogP contribution in [-0.4, -0.2) is 68.9 Å². The van der Waals surface area contributed by atoms with Crippen LogP contribution < -0.4 is 0 Å². The van der Waals surface area contributed by atoms with Gasteiger partial charge in [0.15, 0.2) is 0 Å². The molecule has 7 rings (SSSR count). The van der Waals surface area contributed by atoms with Crippen LogP contribution in [0.1, 0.15) is 51.0 Å². The molecule has 2 N–H and O–H groups in total. The highest BCUT2D eigenvalue weighted by Gasteiger charge is 2.74. The van der Waals surface area contributed by atoms with Crippen LogP contribution in [-0.2, 0) is 4.74 Å². The second kappa shape index (κ2) is 7.48. The van der Waals surface area contributed by atoms with Gasteiger partial charge >= 0.3 is 0 Å². The maximum atomic E-state index is 11.3. The lowest BCUT2D eigenvalue weighted by Gasteiger charge is -2.61. The van der Waals surface area contributed by atoms with Crippen molar-refractivity contribution in [3.05, 3.63) is 53.8 Å². The van der Waals surface area contributed by atoms with E-state index in [2.05, 4.69) is 47.5 Å². The summed E-state index contributed by atoms with van der Waals surface area (Å²) in [5.41, 5.74) is 1.91. The average Bonchev–Trinajstić information content (AvgIpc) is 3.42. The molecule has 192 valence electrons. The predicted octanol–water partition coefficient (Wildman–Crippen LogP) is 3.63. The lowest BCUT2D eigenvalue weighted by Crippen LogP contribution is -2.66. The first-order chi connectivity index (χ1) is 17.7. The highest BCUT2D eigenvalue weighted by Crippen LogP contribution is 2.72. The Kier molecular flexibility index (Phi) is 4.75. The third-order valence-corrected chi connectivity index (χ3v) is 10.8. The van der Waals surface area contributed by atoms with E-state index >= 15 is 0 Å². The number of benzene rings is 1. The van der Waals surface area contributed by atoms with E-state index in [1.54, 1.807) is 6.20 Å². The Morgan fingerprint density at radius 2 is 1.97 bits per heavy atom. The van der Waals surface area contributed by atoms with Gasteiger partial charge in [0.2, 0.25) is 0 Å². The van der Waals surface area contributed by atoms with Crippen LogP contribution in [0.2, 0.25) is 0 Å². The van der Waals surface area contributed by atoms with E-state index in [0.717, 1.165) is 42.2 Å². The Bertz CT molecular complexity index is 1410. The van der Waals surface area contributed by atoms with E-state index in [0.29, 0.717) is 12.8 Å². The number of ether oxygens (including phenoxy) is 1. The number of aromatic nitrogens is 2. The van der Waals surface area contributed by atoms with Crippen molar-refractivity contribution in [1.82, 2.24) is 15.1 Å². The summed E-state index contributed by atoms with van der Waals surface area (Å²) >= 11 is 0. The second-order valence-corrected chi connectivity index (χ2v) is 12.5. The second-order valence-electron chi connectivity index (χ2n) is 12.5. The minimum Gasteiger partial charge on any atom is -0.388 e. The molecule has 8 atom stereocenters. The van der Waals surface area contributed by atoms with Crippen LogP contribution in [0, 0.1) is 28.1 Å². The molecule has 2 aromatic rings. The molecule has 0 amide bonds. The zero-order chi connectivity index (χ0) is 25.8. The van der Waals surface area contributed by atoms with Gasteiger partial charge in [-0.1, -0.05) is 31.2 Å². The van der Waals surface area contributed by atoms with E-state index in [1.165, 1.54) is 11.1 Å². The molecule has 3 aliphatic carbocycles. The van der Waals surface area contributed by atoms with Gasteiger partial charge in [0.25, 0.3) is 0 Å². The SMILES string of the molecule is CN(C)C1CC23CCC4(O2)C2CC=C(c5ccc6ccnnc6c5)C2(C)CCC4(C#N)C=C3C(O)C1O.